The Hall–Kier alpha value is -1.49. The highest BCUT2D eigenvalue weighted by molar-refractivity contribution is 6.31. The van der Waals surface area contributed by atoms with Crippen molar-refractivity contribution in [1.29, 1.82) is 0 Å². The summed E-state index contributed by atoms with van der Waals surface area (Å²) in [5.74, 6) is -0.742. The number of nitrogens with one attached hydrogen (secondary N) is 1. The fourth-order valence-electron chi connectivity index (χ4n) is 1.84. The molecule has 0 aliphatic carbocycles. The highest BCUT2D eigenvalue weighted by Gasteiger charge is 2.10. The number of rotatable bonds is 5. The van der Waals surface area contributed by atoms with E-state index in [1.165, 1.54) is 36.4 Å². The Morgan fingerprint density at radius 3 is 2.45 bits per heavy atom. The lowest BCUT2D eigenvalue weighted by atomic mass is 10.1. The highest BCUT2D eigenvalue weighted by Crippen LogP contribution is 2.19. The van der Waals surface area contributed by atoms with Crippen LogP contribution in [0.25, 0.3) is 0 Å². The molecule has 1 atom stereocenters. The average Bonchev–Trinajstić information content (AvgIpc) is 2.42. The quantitative estimate of drug-likeness (QED) is 0.886. The molecule has 5 heteroatoms. The number of aliphatic hydroxyl groups is 1. The van der Waals surface area contributed by atoms with Crippen molar-refractivity contribution in [2.24, 2.45) is 0 Å². The standard InChI is InChI=1S/C15H14ClF2NO/c16-13-2-1-3-14(18)12(13)8-19-9-15(20)10-4-6-11(17)7-5-10/h1-7,15,19-20H,8-9H2. The van der Waals surface area contributed by atoms with Crippen molar-refractivity contribution in [2.75, 3.05) is 6.54 Å². The summed E-state index contributed by atoms with van der Waals surface area (Å²) in [5.41, 5.74) is 0.957. The van der Waals surface area contributed by atoms with E-state index in [9.17, 15) is 13.9 Å². The van der Waals surface area contributed by atoms with Crippen LogP contribution in [0, 0.1) is 11.6 Å². The largest absolute Gasteiger partial charge is 0.387 e. The van der Waals surface area contributed by atoms with Gasteiger partial charge in [-0.05, 0) is 29.8 Å². The lowest BCUT2D eigenvalue weighted by molar-refractivity contribution is 0.174. The first kappa shape index (κ1) is 14.9. The molecule has 0 spiro atoms. The number of hydrogen-bond donors (Lipinski definition) is 2. The molecule has 0 saturated heterocycles. The molecule has 2 nitrogen and oxygen atoms in total. The van der Waals surface area contributed by atoms with Gasteiger partial charge in [0.2, 0.25) is 0 Å². The molecular formula is C15H14ClF2NO. The second kappa shape index (κ2) is 6.79. The summed E-state index contributed by atoms with van der Waals surface area (Å²) in [6.45, 7) is 0.431. The van der Waals surface area contributed by atoms with Crippen LogP contribution in [0.3, 0.4) is 0 Å². The third-order valence-corrected chi connectivity index (χ3v) is 3.31. The Bertz CT molecular complexity index is 554. The summed E-state index contributed by atoms with van der Waals surface area (Å²) in [5, 5.41) is 13.2. The minimum absolute atomic E-state index is 0.212. The molecule has 0 bridgehead atoms. The van der Waals surface area contributed by atoms with E-state index >= 15 is 0 Å². The summed E-state index contributed by atoms with van der Waals surface area (Å²) in [7, 11) is 0. The summed E-state index contributed by atoms with van der Waals surface area (Å²) in [4.78, 5) is 0. The molecule has 2 rings (SSSR count). The zero-order valence-electron chi connectivity index (χ0n) is 10.6. The fourth-order valence-corrected chi connectivity index (χ4v) is 2.07. The Balaban J connectivity index is 1.91. The molecule has 2 aromatic carbocycles. The first-order valence-corrected chi connectivity index (χ1v) is 6.53. The van der Waals surface area contributed by atoms with Gasteiger partial charge in [0.1, 0.15) is 11.6 Å². The fraction of sp³-hybridized carbons (Fsp3) is 0.200. The van der Waals surface area contributed by atoms with Crippen molar-refractivity contribution >= 4 is 11.6 Å². The van der Waals surface area contributed by atoms with Crippen LogP contribution in [-0.2, 0) is 6.54 Å². The van der Waals surface area contributed by atoms with E-state index in [-0.39, 0.29) is 24.7 Å². The third-order valence-electron chi connectivity index (χ3n) is 2.96. The van der Waals surface area contributed by atoms with Gasteiger partial charge in [0.15, 0.2) is 0 Å². The number of halogens is 3. The first-order valence-electron chi connectivity index (χ1n) is 6.15. The van der Waals surface area contributed by atoms with Gasteiger partial charge in [0.25, 0.3) is 0 Å². The minimum Gasteiger partial charge on any atom is -0.387 e. The predicted octanol–water partition coefficient (Wildman–Crippen LogP) is 3.44. The van der Waals surface area contributed by atoms with Crippen LogP contribution >= 0.6 is 11.6 Å². The van der Waals surface area contributed by atoms with Gasteiger partial charge in [-0.25, -0.2) is 8.78 Å². The van der Waals surface area contributed by atoms with Crippen molar-refractivity contribution in [3.8, 4) is 0 Å². The Kier molecular flexibility index (Phi) is 5.06. The number of hydrogen-bond acceptors (Lipinski definition) is 2. The molecule has 0 aromatic heterocycles. The smallest absolute Gasteiger partial charge is 0.129 e. The van der Waals surface area contributed by atoms with Crippen LogP contribution in [0.4, 0.5) is 8.78 Å². The summed E-state index contributed by atoms with van der Waals surface area (Å²) < 4.78 is 26.3. The maximum atomic E-state index is 13.5. The van der Waals surface area contributed by atoms with Gasteiger partial charge in [0, 0.05) is 23.7 Å². The summed E-state index contributed by atoms with van der Waals surface area (Å²) >= 11 is 5.90. The second-order valence-corrected chi connectivity index (χ2v) is 4.81. The molecule has 0 radical (unpaired) electrons. The van der Waals surface area contributed by atoms with Gasteiger partial charge in [-0.2, -0.15) is 0 Å². The molecule has 0 saturated carbocycles. The minimum atomic E-state index is -0.791. The van der Waals surface area contributed by atoms with Gasteiger partial charge in [-0.15, -0.1) is 0 Å². The van der Waals surface area contributed by atoms with Crippen molar-refractivity contribution in [3.05, 3.63) is 70.2 Å². The lowest BCUT2D eigenvalue weighted by Gasteiger charge is -2.13. The summed E-state index contributed by atoms with van der Waals surface area (Å²) in [6.07, 6.45) is -0.791. The normalized spacial score (nSPS) is 12.4. The Morgan fingerprint density at radius 2 is 1.80 bits per heavy atom. The molecule has 106 valence electrons. The van der Waals surface area contributed by atoms with Crippen LogP contribution in [-0.4, -0.2) is 11.7 Å². The van der Waals surface area contributed by atoms with Crippen molar-refractivity contribution in [3.63, 3.8) is 0 Å². The van der Waals surface area contributed by atoms with Crippen LogP contribution in [0.2, 0.25) is 5.02 Å². The molecule has 0 heterocycles. The predicted molar refractivity (Wildman–Crippen MR) is 74.5 cm³/mol. The molecule has 2 N–H and O–H groups in total. The topological polar surface area (TPSA) is 32.3 Å². The molecule has 2 aromatic rings. The van der Waals surface area contributed by atoms with E-state index in [0.29, 0.717) is 16.1 Å². The molecule has 0 fully saturated rings. The second-order valence-electron chi connectivity index (χ2n) is 4.40. The monoisotopic (exact) mass is 297 g/mol. The van der Waals surface area contributed by atoms with Gasteiger partial charge >= 0.3 is 0 Å². The van der Waals surface area contributed by atoms with Crippen LogP contribution in [0.1, 0.15) is 17.2 Å². The van der Waals surface area contributed by atoms with Crippen molar-refractivity contribution in [1.82, 2.24) is 5.32 Å². The van der Waals surface area contributed by atoms with Gasteiger partial charge in [0.05, 0.1) is 6.10 Å². The zero-order chi connectivity index (χ0) is 14.5. The van der Waals surface area contributed by atoms with E-state index in [4.69, 9.17) is 11.6 Å². The first-order chi connectivity index (χ1) is 9.58. The van der Waals surface area contributed by atoms with Crippen molar-refractivity contribution in [2.45, 2.75) is 12.6 Å². The van der Waals surface area contributed by atoms with Gasteiger partial charge < -0.3 is 10.4 Å². The number of benzene rings is 2. The highest BCUT2D eigenvalue weighted by atomic mass is 35.5. The molecule has 20 heavy (non-hydrogen) atoms. The van der Waals surface area contributed by atoms with Crippen LogP contribution < -0.4 is 5.32 Å². The van der Waals surface area contributed by atoms with E-state index in [0.717, 1.165) is 0 Å². The van der Waals surface area contributed by atoms with E-state index in [1.807, 2.05) is 0 Å². The molecule has 1 unspecified atom stereocenters. The van der Waals surface area contributed by atoms with E-state index in [2.05, 4.69) is 5.32 Å². The average molecular weight is 298 g/mol. The third kappa shape index (κ3) is 3.76. The van der Waals surface area contributed by atoms with Gasteiger partial charge in [-0.1, -0.05) is 29.8 Å². The molecular weight excluding hydrogens is 284 g/mol. The maximum Gasteiger partial charge on any atom is 0.129 e. The SMILES string of the molecule is OC(CNCc1c(F)cccc1Cl)c1ccc(F)cc1. The molecule has 0 amide bonds. The zero-order valence-corrected chi connectivity index (χ0v) is 11.4. The maximum absolute atomic E-state index is 13.5. The van der Waals surface area contributed by atoms with E-state index < -0.39 is 6.10 Å². The van der Waals surface area contributed by atoms with E-state index in [1.54, 1.807) is 6.07 Å². The van der Waals surface area contributed by atoms with Gasteiger partial charge in [-0.3, -0.25) is 0 Å². The number of aliphatic hydroxyl groups excluding tert-OH is 1. The Morgan fingerprint density at radius 1 is 1.10 bits per heavy atom. The lowest BCUT2D eigenvalue weighted by Crippen LogP contribution is -2.21. The Labute approximate surface area is 121 Å². The molecule has 0 aliphatic rings. The van der Waals surface area contributed by atoms with Crippen LogP contribution in [0.15, 0.2) is 42.5 Å². The molecule has 0 aliphatic heterocycles. The van der Waals surface area contributed by atoms with Crippen LogP contribution in [0.5, 0.6) is 0 Å². The summed E-state index contributed by atoms with van der Waals surface area (Å²) in [6, 6.07) is 10.1. The van der Waals surface area contributed by atoms with Crippen molar-refractivity contribution < 1.29 is 13.9 Å².